The van der Waals surface area contributed by atoms with Crippen LogP contribution in [0.3, 0.4) is 0 Å². The highest BCUT2D eigenvalue weighted by Crippen LogP contribution is 2.37. The molecule has 1 rings (SSSR count). The fraction of sp³-hybridized carbons (Fsp3) is 0.839. The van der Waals surface area contributed by atoms with Gasteiger partial charge in [-0.05, 0) is 38.5 Å². The lowest BCUT2D eigenvalue weighted by Crippen LogP contribution is -2.48. The molecule has 0 aromatic carbocycles. The molecule has 1 aliphatic carbocycles. The first-order valence-corrected chi connectivity index (χ1v) is 15.2. The maximum Gasteiger partial charge on any atom is 0.350 e. The van der Waals surface area contributed by atoms with Crippen LogP contribution < -0.4 is 0 Å². The Bertz CT molecular complexity index is 636. The molecule has 0 amide bonds. The maximum absolute atomic E-state index is 12.9. The van der Waals surface area contributed by atoms with Crippen LogP contribution in [0.4, 0.5) is 0 Å². The third-order valence-corrected chi connectivity index (χ3v) is 7.43. The number of unbranched alkanes of at least 4 members (excludes halogenated alkanes) is 14. The summed E-state index contributed by atoms with van der Waals surface area (Å²) >= 11 is 0. The smallest absolute Gasteiger partial charge is 0.350 e. The number of hydrogen-bond donors (Lipinski definition) is 0. The Kier molecular flexibility index (Phi) is 18.9. The van der Waals surface area contributed by atoms with Crippen molar-refractivity contribution in [3.05, 3.63) is 12.7 Å². The van der Waals surface area contributed by atoms with Gasteiger partial charge in [0.2, 0.25) is 5.60 Å². The fourth-order valence-corrected chi connectivity index (χ4v) is 4.96. The number of esters is 3. The number of ether oxygens (including phenoxy) is 3. The predicted molar refractivity (Wildman–Crippen MR) is 148 cm³/mol. The van der Waals surface area contributed by atoms with Gasteiger partial charge in [0, 0.05) is 6.08 Å². The first-order valence-electron chi connectivity index (χ1n) is 15.2. The standard InChI is InChI=1S/C31H54O6/c1-4-7-9-11-12-13-14-15-16-18-19-25-35-29(33)27-21-23-31(24-22-27,37-28(32)6-3)30(34)36-26-20-17-10-8-5-2/h6,27H,3-5,7-26H2,1-2H3. The Hall–Kier alpha value is -1.85. The van der Waals surface area contributed by atoms with Crippen molar-refractivity contribution >= 4 is 17.9 Å². The molecule has 0 aromatic rings. The first-order chi connectivity index (χ1) is 18.0. The highest BCUT2D eigenvalue weighted by atomic mass is 16.6. The van der Waals surface area contributed by atoms with Gasteiger partial charge in [0.1, 0.15) is 0 Å². The minimum absolute atomic E-state index is 0.208. The SMILES string of the molecule is C=CC(=O)OC1(C(=O)OCCCCCCC)CCC(C(=O)OCCCCCCCCCCCCC)CC1. The van der Waals surface area contributed by atoms with Crippen molar-refractivity contribution in [3.63, 3.8) is 0 Å². The Morgan fingerprint density at radius 2 is 1.14 bits per heavy atom. The van der Waals surface area contributed by atoms with Crippen LogP contribution in [0.15, 0.2) is 12.7 Å². The van der Waals surface area contributed by atoms with E-state index in [2.05, 4.69) is 20.4 Å². The van der Waals surface area contributed by atoms with Crippen molar-refractivity contribution in [1.29, 1.82) is 0 Å². The molecule has 1 aliphatic rings. The van der Waals surface area contributed by atoms with Crippen LogP contribution >= 0.6 is 0 Å². The van der Waals surface area contributed by atoms with Crippen molar-refractivity contribution in [3.8, 4) is 0 Å². The number of carbonyl (C=O) groups excluding carboxylic acids is 3. The molecule has 0 saturated heterocycles. The Morgan fingerprint density at radius 3 is 1.59 bits per heavy atom. The summed E-state index contributed by atoms with van der Waals surface area (Å²) in [5, 5.41) is 0. The van der Waals surface area contributed by atoms with Crippen LogP contribution in [0, 0.1) is 5.92 Å². The number of rotatable bonds is 22. The molecular weight excluding hydrogens is 468 g/mol. The average molecular weight is 523 g/mol. The number of carbonyl (C=O) groups is 3. The van der Waals surface area contributed by atoms with E-state index in [-0.39, 0.29) is 24.7 Å². The van der Waals surface area contributed by atoms with Crippen LogP contribution in [-0.4, -0.2) is 36.7 Å². The minimum atomic E-state index is -1.33. The zero-order valence-corrected chi connectivity index (χ0v) is 23.9. The third-order valence-electron chi connectivity index (χ3n) is 7.43. The summed E-state index contributed by atoms with van der Waals surface area (Å²) in [6.45, 7) is 8.62. The lowest BCUT2D eigenvalue weighted by atomic mass is 9.78. The summed E-state index contributed by atoms with van der Waals surface area (Å²) in [5.74, 6) is -1.63. The van der Waals surface area contributed by atoms with Gasteiger partial charge < -0.3 is 14.2 Å². The molecule has 0 aromatic heterocycles. The Labute approximate surface area is 226 Å². The van der Waals surface area contributed by atoms with Gasteiger partial charge in [-0.3, -0.25) is 4.79 Å². The van der Waals surface area contributed by atoms with E-state index in [0.29, 0.717) is 26.1 Å². The van der Waals surface area contributed by atoms with E-state index in [0.717, 1.165) is 44.6 Å². The molecule has 0 bridgehead atoms. The Balaban J connectivity index is 2.28. The zero-order chi connectivity index (χ0) is 27.2. The highest BCUT2D eigenvalue weighted by molar-refractivity contribution is 5.88. The molecule has 0 atom stereocenters. The second-order valence-corrected chi connectivity index (χ2v) is 10.6. The molecule has 6 nitrogen and oxygen atoms in total. The molecule has 0 aliphatic heterocycles. The van der Waals surface area contributed by atoms with Gasteiger partial charge in [-0.1, -0.05) is 110 Å². The molecule has 37 heavy (non-hydrogen) atoms. The molecule has 0 heterocycles. The van der Waals surface area contributed by atoms with Gasteiger partial charge >= 0.3 is 17.9 Å². The molecule has 0 N–H and O–H groups in total. The predicted octanol–water partition coefficient (Wildman–Crippen LogP) is 8.01. The van der Waals surface area contributed by atoms with Gasteiger partial charge in [0.05, 0.1) is 19.1 Å². The Morgan fingerprint density at radius 1 is 0.703 bits per heavy atom. The minimum Gasteiger partial charge on any atom is -0.465 e. The quantitative estimate of drug-likeness (QED) is 0.0620. The summed E-state index contributed by atoms with van der Waals surface area (Å²) in [6.07, 6.45) is 21.5. The van der Waals surface area contributed by atoms with Crippen LogP contribution in [0.2, 0.25) is 0 Å². The van der Waals surface area contributed by atoms with Gasteiger partial charge in [0.15, 0.2) is 0 Å². The zero-order valence-electron chi connectivity index (χ0n) is 23.9. The first kappa shape index (κ1) is 33.2. The average Bonchev–Trinajstić information content (AvgIpc) is 2.91. The molecule has 1 saturated carbocycles. The number of hydrogen-bond acceptors (Lipinski definition) is 6. The van der Waals surface area contributed by atoms with E-state index in [1.54, 1.807) is 0 Å². The van der Waals surface area contributed by atoms with E-state index in [1.807, 2.05) is 0 Å². The molecule has 6 heteroatoms. The second-order valence-electron chi connectivity index (χ2n) is 10.6. The van der Waals surface area contributed by atoms with Crippen LogP contribution in [0.5, 0.6) is 0 Å². The van der Waals surface area contributed by atoms with E-state index < -0.39 is 17.5 Å². The van der Waals surface area contributed by atoms with Crippen LogP contribution in [-0.2, 0) is 28.6 Å². The summed E-state index contributed by atoms with van der Waals surface area (Å²) in [4.78, 5) is 37.4. The summed E-state index contributed by atoms with van der Waals surface area (Å²) in [6, 6.07) is 0. The molecule has 0 unspecified atom stereocenters. The van der Waals surface area contributed by atoms with Crippen LogP contribution in [0.1, 0.15) is 142 Å². The van der Waals surface area contributed by atoms with Gasteiger partial charge in [-0.2, -0.15) is 0 Å². The van der Waals surface area contributed by atoms with Crippen molar-refractivity contribution in [1.82, 2.24) is 0 Å². The van der Waals surface area contributed by atoms with E-state index in [9.17, 15) is 14.4 Å². The highest BCUT2D eigenvalue weighted by Gasteiger charge is 2.48. The lowest BCUT2D eigenvalue weighted by Gasteiger charge is -2.36. The van der Waals surface area contributed by atoms with E-state index in [1.165, 1.54) is 64.2 Å². The molecule has 214 valence electrons. The van der Waals surface area contributed by atoms with Crippen molar-refractivity contribution in [2.45, 2.75) is 148 Å². The lowest BCUT2D eigenvalue weighted by molar-refractivity contribution is -0.186. The molecule has 1 fully saturated rings. The van der Waals surface area contributed by atoms with Gasteiger partial charge in [-0.15, -0.1) is 0 Å². The topological polar surface area (TPSA) is 78.9 Å². The maximum atomic E-state index is 12.9. The van der Waals surface area contributed by atoms with Crippen molar-refractivity contribution < 1.29 is 28.6 Å². The molecule has 0 spiro atoms. The summed E-state index contributed by atoms with van der Waals surface area (Å²) in [7, 11) is 0. The second kappa shape index (κ2) is 21.1. The van der Waals surface area contributed by atoms with Gasteiger partial charge in [-0.25, -0.2) is 9.59 Å². The molecule has 0 radical (unpaired) electrons. The summed E-state index contributed by atoms with van der Waals surface area (Å²) in [5.41, 5.74) is -1.33. The van der Waals surface area contributed by atoms with E-state index >= 15 is 0 Å². The fourth-order valence-electron chi connectivity index (χ4n) is 4.96. The largest absolute Gasteiger partial charge is 0.465 e. The summed E-state index contributed by atoms with van der Waals surface area (Å²) < 4.78 is 16.5. The normalized spacial score (nSPS) is 19.2. The van der Waals surface area contributed by atoms with Crippen molar-refractivity contribution in [2.75, 3.05) is 13.2 Å². The monoisotopic (exact) mass is 522 g/mol. The molecular formula is C31H54O6. The third kappa shape index (κ3) is 14.6. The van der Waals surface area contributed by atoms with Crippen molar-refractivity contribution in [2.24, 2.45) is 5.92 Å². The van der Waals surface area contributed by atoms with E-state index in [4.69, 9.17) is 14.2 Å². The van der Waals surface area contributed by atoms with Crippen LogP contribution in [0.25, 0.3) is 0 Å². The van der Waals surface area contributed by atoms with Gasteiger partial charge in [0.25, 0.3) is 0 Å².